The molecule has 18 heavy (non-hydrogen) atoms. The predicted octanol–water partition coefficient (Wildman–Crippen LogP) is 2.42. The van der Waals surface area contributed by atoms with E-state index in [1.54, 1.807) is 45.0 Å². The van der Waals surface area contributed by atoms with Crippen LogP contribution in [-0.4, -0.2) is 29.4 Å². The second kappa shape index (κ2) is 6.07. The second-order valence-corrected chi connectivity index (χ2v) is 4.95. The number of hydrogen-bond donors (Lipinski definition) is 1. The van der Waals surface area contributed by atoms with Crippen molar-refractivity contribution in [3.63, 3.8) is 0 Å². The zero-order valence-electron chi connectivity index (χ0n) is 10.6. The van der Waals surface area contributed by atoms with Crippen LogP contribution < -0.4 is 4.74 Å². The molecule has 0 radical (unpaired) electrons. The molecule has 1 rings (SSSR count). The zero-order chi connectivity index (χ0) is 13.8. The van der Waals surface area contributed by atoms with E-state index in [2.05, 4.69) is 0 Å². The third-order valence-corrected chi connectivity index (χ3v) is 2.39. The van der Waals surface area contributed by atoms with Gasteiger partial charge in [-0.05, 0) is 45.0 Å². The summed E-state index contributed by atoms with van der Waals surface area (Å²) in [6.45, 7) is 4.70. The van der Waals surface area contributed by atoms with E-state index >= 15 is 0 Å². The van der Waals surface area contributed by atoms with E-state index in [9.17, 15) is 4.79 Å². The summed E-state index contributed by atoms with van der Waals surface area (Å²) in [6.07, 6.45) is -0.694. The maximum absolute atomic E-state index is 11.8. The molecule has 0 saturated heterocycles. The standard InChI is InChI=1S/C13H17ClO4/c1-9(15)8-17-12(16)13(2,3)18-11-6-4-10(14)5-7-11/h4-7,9,15H,8H2,1-3H3. The third-order valence-electron chi connectivity index (χ3n) is 2.13. The molecule has 0 aliphatic carbocycles. The Labute approximate surface area is 111 Å². The summed E-state index contributed by atoms with van der Waals surface area (Å²) in [6, 6.07) is 6.69. The van der Waals surface area contributed by atoms with Crippen molar-refractivity contribution in [2.45, 2.75) is 32.5 Å². The minimum atomic E-state index is -1.12. The fourth-order valence-electron chi connectivity index (χ4n) is 1.21. The van der Waals surface area contributed by atoms with Crippen LogP contribution >= 0.6 is 11.6 Å². The molecule has 0 bridgehead atoms. The lowest BCUT2D eigenvalue weighted by Crippen LogP contribution is -2.40. The minimum absolute atomic E-state index is 0.0494. The van der Waals surface area contributed by atoms with E-state index in [4.69, 9.17) is 26.2 Å². The summed E-state index contributed by atoms with van der Waals surface area (Å²) in [7, 11) is 0. The number of rotatable bonds is 5. The molecule has 0 aromatic heterocycles. The third kappa shape index (κ3) is 4.55. The first-order valence-electron chi connectivity index (χ1n) is 5.61. The normalized spacial score (nSPS) is 12.9. The monoisotopic (exact) mass is 272 g/mol. The molecule has 1 aromatic carbocycles. The lowest BCUT2D eigenvalue weighted by atomic mass is 10.1. The quantitative estimate of drug-likeness (QED) is 0.837. The molecule has 1 atom stereocenters. The van der Waals surface area contributed by atoms with Gasteiger partial charge < -0.3 is 14.6 Å². The summed E-state index contributed by atoms with van der Waals surface area (Å²) in [5.41, 5.74) is -1.12. The van der Waals surface area contributed by atoms with Crippen molar-refractivity contribution in [3.05, 3.63) is 29.3 Å². The predicted molar refractivity (Wildman–Crippen MR) is 68.8 cm³/mol. The average molecular weight is 273 g/mol. The van der Waals surface area contributed by atoms with Crippen LogP contribution in [0.25, 0.3) is 0 Å². The van der Waals surface area contributed by atoms with Crippen LogP contribution in [0.3, 0.4) is 0 Å². The van der Waals surface area contributed by atoms with Crippen LogP contribution in [0.5, 0.6) is 5.75 Å². The molecule has 0 aliphatic heterocycles. The van der Waals surface area contributed by atoms with Gasteiger partial charge in [0.05, 0.1) is 6.10 Å². The Balaban J connectivity index is 2.63. The fraction of sp³-hybridized carbons (Fsp3) is 0.462. The Kier molecular flexibility index (Phi) is 4.99. The van der Waals surface area contributed by atoms with Gasteiger partial charge in [0, 0.05) is 5.02 Å². The molecule has 0 spiro atoms. The molecule has 0 fully saturated rings. The lowest BCUT2D eigenvalue weighted by molar-refractivity contribution is -0.161. The Morgan fingerprint density at radius 2 is 1.94 bits per heavy atom. The van der Waals surface area contributed by atoms with Gasteiger partial charge >= 0.3 is 5.97 Å². The van der Waals surface area contributed by atoms with Gasteiger partial charge in [-0.3, -0.25) is 0 Å². The van der Waals surface area contributed by atoms with E-state index in [0.29, 0.717) is 10.8 Å². The molecule has 1 aromatic rings. The van der Waals surface area contributed by atoms with Crippen molar-refractivity contribution in [1.82, 2.24) is 0 Å². The van der Waals surface area contributed by atoms with Crippen LogP contribution in [0.2, 0.25) is 5.02 Å². The van der Waals surface area contributed by atoms with Crippen molar-refractivity contribution in [2.24, 2.45) is 0 Å². The van der Waals surface area contributed by atoms with E-state index < -0.39 is 17.7 Å². The van der Waals surface area contributed by atoms with Crippen molar-refractivity contribution in [3.8, 4) is 5.75 Å². The number of benzene rings is 1. The van der Waals surface area contributed by atoms with E-state index in [1.165, 1.54) is 0 Å². The van der Waals surface area contributed by atoms with Crippen molar-refractivity contribution in [2.75, 3.05) is 6.61 Å². The summed E-state index contributed by atoms with van der Waals surface area (Å²) < 4.78 is 10.5. The maximum atomic E-state index is 11.8. The van der Waals surface area contributed by atoms with Gasteiger partial charge in [0.1, 0.15) is 12.4 Å². The number of aliphatic hydroxyl groups is 1. The van der Waals surface area contributed by atoms with Crippen LogP contribution in [-0.2, 0) is 9.53 Å². The second-order valence-electron chi connectivity index (χ2n) is 4.51. The Hall–Kier alpha value is -1.26. The van der Waals surface area contributed by atoms with Crippen LogP contribution in [0.4, 0.5) is 0 Å². The molecular formula is C13H17ClO4. The van der Waals surface area contributed by atoms with E-state index in [0.717, 1.165) is 0 Å². The number of halogens is 1. The summed E-state index contributed by atoms with van der Waals surface area (Å²) >= 11 is 5.76. The minimum Gasteiger partial charge on any atom is -0.476 e. The molecule has 1 unspecified atom stereocenters. The molecule has 0 amide bonds. The smallest absolute Gasteiger partial charge is 0.349 e. The summed E-state index contributed by atoms with van der Waals surface area (Å²) in [4.78, 5) is 11.8. The molecule has 0 aliphatic rings. The first kappa shape index (κ1) is 14.8. The van der Waals surface area contributed by atoms with Gasteiger partial charge in [0.15, 0.2) is 5.60 Å². The lowest BCUT2D eigenvalue weighted by Gasteiger charge is -2.24. The van der Waals surface area contributed by atoms with Gasteiger partial charge in [-0.1, -0.05) is 11.6 Å². The van der Waals surface area contributed by atoms with E-state index in [1.807, 2.05) is 0 Å². The number of ether oxygens (including phenoxy) is 2. The topological polar surface area (TPSA) is 55.8 Å². The molecule has 1 N–H and O–H groups in total. The maximum Gasteiger partial charge on any atom is 0.349 e. The Bertz CT molecular complexity index is 398. The number of carbonyl (C=O) groups excluding carboxylic acids is 1. The average Bonchev–Trinajstić information content (AvgIpc) is 2.28. The Morgan fingerprint density at radius 3 is 2.44 bits per heavy atom. The highest BCUT2D eigenvalue weighted by Crippen LogP contribution is 2.21. The van der Waals surface area contributed by atoms with Gasteiger partial charge in [-0.15, -0.1) is 0 Å². The van der Waals surface area contributed by atoms with Gasteiger partial charge in [0.2, 0.25) is 0 Å². The number of aliphatic hydroxyl groups excluding tert-OH is 1. The number of carbonyl (C=O) groups is 1. The zero-order valence-corrected chi connectivity index (χ0v) is 11.4. The molecular weight excluding hydrogens is 256 g/mol. The molecule has 0 heterocycles. The van der Waals surface area contributed by atoms with Gasteiger partial charge in [-0.2, -0.15) is 0 Å². The first-order valence-corrected chi connectivity index (χ1v) is 5.99. The summed E-state index contributed by atoms with van der Waals surface area (Å²) in [5, 5.41) is 9.65. The first-order chi connectivity index (χ1) is 8.31. The molecule has 5 heteroatoms. The van der Waals surface area contributed by atoms with Crippen LogP contribution in [0, 0.1) is 0 Å². The Morgan fingerprint density at radius 1 is 1.39 bits per heavy atom. The summed E-state index contributed by atoms with van der Waals surface area (Å²) in [5.74, 6) is -0.00301. The van der Waals surface area contributed by atoms with Crippen molar-refractivity contribution >= 4 is 17.6 Å². The number of esters is 1. The highest BCUT2D eigenvalue weighted by molar-refractivity contribution is 6.30. The van der Waals surface area contributed by atoms with Crippen molar-refractivity contribution < 1.29 is 19.4 Å². The van der Waals surface area contributed by atoms with Crippen molar-refractivity contribution in [1.29, 1.82) is 0 Å². The fourth-order valence-corrected chi connectivity index (χ4v) is 1.34. The van der Waals surface area contributed by atoms with Gasteiger partial charge in [-0.25, -0.2) is 4.79 Å². The molecule has 4 nitrogen and oxygen atoms in total. The highest BCUT2D eigenvalue weighted by Gasteiger charge is 2.32. The van der Waals surface area contributed by atoms with Crippen LogP contribution in [0.1, 0.15) is 20.8 Å². The van der Waals surface area contributed by atoms with E-state index in [-0.39, 0.29) is 6.61 Å². The largest absolute Gasteiger partial charge is 0.476 e. The molecule has 100 valence electrons. The molecule has 0 saturated carbocycles. The van der Waals surface area contributed by atoms with Gasteiger partial charge in [0.25, 0.3) is 0 Å². The highest BCUT2D eigenvalue weighted by atomic mass is 35.5. The number of hydrogen-bond acceptors (Lipinski definition) is 4. The van der Waals surface area contributed by atoms with Crippen LogP contribution in [0.15, 0.2) is 24.3 Å². The SMILES string of the molecule is CC(O)COC(=O)C(C)(C)Oc1ccc(Cl)cc1.